The molecule has 10 heteroatoms. The van der Waals surface area contributed by atoms with Gasteiger partial charge in [-0.2, -0.15) is 8.42 Å². The minimum Gasteiger partial charge on any atom is -0.495 e. The highest BCUT2D eigenvalue weighted by Gasteiger charge is 2.18. The molecule has 0 saturated carbocycles. The van der Waals surface area contributed by atoms with Crippen LogP contribution >= 0.6 is 11.6 Å². The van der Waals surface area contributed by atoms with Gasteiger partial charge in [0.05, 0.1) is 19.2 Å². The Bertz CT molecular complexity index is 1210. The van der Waals surface area contributed by atoms with Crippen molar-refractivity contribution in [3.8, 4) is 5.75 Å². The van der Waals surface area contributed by atoms with Crippen molar-refractivity contribution in [3.05, 3.63) is 71.0 Å². The highest BCUT2D eigenvalue weighted by molar-refractivity contribution is 7.92. The predicted octanol–water partition coefficient (Wildman–Crippen LogP) is 4.32. The van der Waals surface area contributed by atoms with Crippen LogP contribution in [-0.4, -0.2) is 31.4 Å². The molecular formula is C23H25ClN4O4S. The number of carbonyl (C=O) groups is 1. The van der Waals surface area contributed by atoms with Crippen molar-refractivity contribution in [2.24, 2.45) is 5.92 Å². The summed E-state index contributed by atoms with van der Waals surface area (Å²) >= 11 is 5.99. The lowest BCUT2D eigenvalue weighted by Crippen LogP contribution is -2.17. The molecule has 8 nitrogen and oxygen atoms in total. The van der Waals surface area contributed by atoms with Crippen molar-refractivity contribution >= 4 is 38.9 Å². The summed E-state index contributed by atoms with van der Waals surface area (Å²) < 4.78 is 32.8. The zero-order valence-electron chi connectivity index (χ0n) is 18.5. The molecule has 0 spiro atoms. The number of hydrogen-bond donors (Lipinski definition) is 2. The first-order valence-electron chi connectivity index (χ1n) is 10.2. The Morgan fingerprint density at radius 1 is 1.06 bits per heavy atom. The van der Waals surface area contributed by atoms with E-state index in [4.69, 9.17) is 16.3 Å². The molecule has 0 aliphatic rings. The van der Waals surface area contributed by atoms with Crippen LogP contribution in [-0.2, 0) is 27.7 Å². The van der Waals surface area contributed by atoms with Crippen LogP contribution in [0.5, 0.6) is 5.75 Å². The number of benzene rings is 2. The minimum atomic E-state index is -3.92. The van der Waals surface area contributed by atoms with Crippen molar-refractivity contribution in [3.63, 3.8) is 0 Å². The number of sulfonamides is 1. The number of aromatic nitrogens is 2. The molecule has 0 saturated heterocycles. The Kier molecular flexibility index (Phi) is 7.88. The fourth-order valence-corrected chi connectivity index (χ4v) is 4.20. The molecule has 3 rings (SSSR count). The van der Waals surface area contributed by atoms with Crippen LogP contribution in [0.1, 0.15) is 25.0 Å². The third-order valence-corrected chi connectivity index (χ3v) is 6.00. The molecule has 0 bridgehead atoms. The lowest BCUT2D eigenvalue weighted by molar-refractivity contribution is -0.115. The number of rotatable bonds is 9. The number of amides is 1. The zero-order chi connectivity index (χ0) is 24.0. The second kappa shape index (κ2) is 10.6. The maximum absolute atomic E-state index is 12.6. The van der Waals surface area contributed by atoms with Gasteiger partial charge in [-0.3, -0.25) is 9.52 Å². The first-order valence-corrected chi connectivity index (χ1v) is 12.1. The van der Waals surface area contributed by atoms with E-state index in [-0.39, 0.29) is 17.5 Å². The van der Waals surface area contributed by atoms with E-state index in [0.717, 1.165) is 12.0 Å². The van der Waals surface area contributed by atoms with Crippen molar-refractivity contribution < 1.29 is 17.9 Å². The Balaban J connectivity index is 1.63. The summed E-state index contributed by atoms with van der Waals surface area (Å²) in [7, 11) is -2.42. The summed E-state index contributed by atoms with van der Waals surface area (Å²) in [6.07, 6.45) is 3.91. The summed E-state index contributed by atoms with van der Waals surface area (Å²) in [5, 5.41) is 2.94. The molecular weight excluding hydrogens is 464 g/mol. The summed E-state index contributed by atoms with van der Waals surface area (Å²) in [6.45, 7) is 4.13. The molecule has 2 aromatic carbocycles. The fraction of sp³-hybridized carbons (Fsp3) is 0.261. The average molecular weight is 489 g/mol. The molecule has 2 N–H and O–H groups in total. The third kappa shape index (κ3) is 6.90. The van der Waals surface area contributed by atoms with E-state index < -0.39 is 10.0 Å². The highest BCUT2D eigenvalue weighted by atomic mass is 35.5. The van der Waals surface area contributed by atoms with Crippen LogP contribution in [0.3, 0.4) is 0 Å². The zero-order valence-corrected chi connectivity index (χ0v) is 20.1. The molecule has 1 amide bonds. The Labute approximate surface area is 198 Å². The van der Waals surface area contributed by atoms with Crippen LogP contribution in [0, 0.1) is 5.92 Å². The summed E-state index contributed by atoms with van der Waals surface area (Å²) in [4.78, 5) is 20.4. The van der Waals surface area contributed by atoms with Gasteiger partial charge in [-0.15, -0.1) is 0 Å². The second-order valence-corrected chi connectivity index (χ2v) is 9.86. The average Bonchev–Trinajstić information content (AvgIpc) is 2.75. The summed E-state index contributed by atoms with van der Waals surface area (Å²) in [6, 6.07) is 11.4. The molecule has 1 heterocycles. The molecule has 1 aromatic heterocycles. The molecule has 0 unspecified atom stereocenters. The van der Waals surface area contributed by atoms with Gasteiger partial charge < -0.3 is 10.1 Å². The van der Waals surface area contributed by atoms with Crippen molar-refractivity contribution in [2.45, 2.75) is 31.8 Å². The normalized spacial score (nSPS) is 11.3. The van der Waals surface area contributed by atoms with E-state index in [0.29, 0.717) is 33.6 Å². The Hall–Kier alpha value is -3.17. The van der Waals surface area contributed by atoms with E-state index in [1.807, 2.05) is 0 Å². The van der Waals surface area contributed by atoms with E-state index in [2.05, 4.69) is 33.9 Å². The lowest BCUT2D eigenvalue weighted by atomic mass is 10.1. The van der Waals surface area contributed by atoms with Gasteiger partial charge in [0.25, 0.3) is 15.2 Å². The lowest BCUT2D eigenvalue weighted by Gasteiger charge is -2.11. The van der Waals surface area contributed by atoms with Crippen LogP contribution < -0.4 is 14.8 Å². The first kappa shape index (κ1) is 24.5. The smallest absolute Gasteiger partial charge is 0.297 e. The first-order chi connectivity index (χ1) is 15.7. The van der Waals surface area contributed by atoms with Gasteiger partial charge >= 0.3 is 0 Å². The maximum Gasteiger partial charge on any atom is 0.297 e. The minimum absolute atomic E-state index is 0.0864. The molecule has 174 valence electrons. The number of nitrogens with one attached hydrogen (secondary N) is 2. The molecule has 0 atom stereocenters. The van der Waals surface area contributed by atoms with Crippen molar-refractivity contribution in [1.82, 2.24) is 9.97 Å². The van der Waals surface area contributed by atoms with E-state index in [1.54, 1.807) is 42.5 Å². The van der Waals surface area contributed by atoms with E-state index in [9.17, 15) is 13.2 Å². The topological polar surface area (TPSA) is 110 Å². The molecule has 0 radical (unpaired) electrons. The second-order valence-electron chi connectivity index (χ2n) is 7.84. The predicted molar refractivity (Wildman–Crippen MR) is 128 cm³/mol. The number of nitrogens with zero attached hydrogens (tertiary/aromatic N) is 2. The number of methoxy groups -OCH3 is 1. The molecule has 0 fully saturated rings. The fourth-order valence-electron chi connectivity index (χ4n) is 3.11. The maximum atomic E-state index is 12.6. The monoisotopic (exact) mass is 488 g/mol. The van der Waals surface area contributed by atoms with Gasteiger partial charge in [0, 0.05) is 23.1 Å². The van der Waals surface area contributed by atoms with Crippen molar-refractivity contribution in [1.29, 1.82) is 0 Å². The Morgan fingerprint density at radius 2 is 1.73 bits per heavy atom. The quantitative estimate of drug-likeness (QED) is 0.434. The number of carbonyl (C=O) groups excluding carboxylic acids is 1. The van der Waals surface area contributed by atoms with Crippen molar-refractivity contribution in [2.75, 3.05) is 17.1 Å². The summed E-state index contributed by atoms with van der Waals surface area (Å²) in [5.74, 6) is 0.651. The van der Waals surface area contributed by atoms with Crippen LogP contribution in [0.15, 0.2) is 60.0 Å². The number of ether oxygens (including phenoxy) is 1. The number of anilines is 2. The molecule has 3 aromatic rings. The van der Waals surface area contributed by atoms with Gasteiger partial charge in [-0.25, -0.2) is 9.97 Å². The Morgan fingerprint density at radius 3 is 2.33 bits per heavy atom. The van der Waals surface area contributed by atoms with E-state index in [1.165, 1.54) is 19.5 Å². The SMILES string of the molecule is COc1ccc(Cl)cc1NC(=O)Cc1ccc(NS(=O)(=O)c2ncc(CC(C)C)cn2)cc1. The standard InChI is InChI=1S/C23H25ClN4O4S/c1-15(2)10-17-13-25-23(26-14-17)33(30,31)28-19-7-4-16(5-8-19)11-22(29)27-20-12-18(24)6-9-21(20)32-3/h4-9,12-15,28H,10-11H2,1-3H3,(H,27,29). The van der Waals surface area contributed by atoms with Gasteiger partial charge in [-0.1, -0.05) is 37.6 Å². The number of halogens is 1. The van der Waals surface area contributed by atoms with Gasteiger partial charge in [0.15, 0.2) is 0 Å². The van der Waals surface area contributed by atoms with Gasteiger partial charge in [-0.05, 0) is 53.8 Å². The highest BCUT2D eigenvalue weighted by Crippen LogP contribution is 2.27. The van der Waals surface area contributed by atoms with Crippen LogP contribution in [0.4, 0.5) is 11.4 Å². The molecule has 0 aliphatic heterocycles. The molecule has 0 aliphatic carbocycles. The molecule has 33 heavy (non-hydrogen) atoms. The largest absolute Gasteiger partial charge is 0.495 e. The van der Waals surface area contributed by atoms with Gasteiger partial charge in [0.1, 0.15) is 5.75 Å². The number of hydrogen-bond acceptors (Lipinski definition) is 6. The third-order valence-electron chi connectivity index (χ3n) is 4.57. The van der Waals surface area contributed by atoms with E-state index >= 15 is 0 Å². The van der Waals surface area contributed by atoms with Gasteiger partial charge in [0.2, 0.25) is 5.91 Å². The summed E-state index contributed by atoms with van der Waals surface area (Å²) in [5.41, 5.74) is 2.39. The van der Waals surface area contributed by atoms with Crippen LogP contribution in [0.25, 0.3) is 0 Å². The van der Waals surface area contributed by atoms with Crippen LogP contribution in [0.2, 0.25) is 5.02 Å².